The molecule has 4 heterocycles. The van der Waals surface area contributed by atoms with Crippen molar-refractivity contribution in [1.29, 1.82) is 0 Å². The molecule has 1 N–H and O–H groups in total. The molecule has 0 atom stereocenters. The predicted octanol–water partition coefficient (Wildman–Crippen LogP) is 3.68. The van der Waals surface area contributed by atoms with E-state index < -0.39 is 0 Å². The van der Waals surface area contributed by atoms with Crippen LogP contribution in [0, 0.1) is 0 Å². The average molecular weight is 420 g/mol. The lowest BCUT2D eigenvalue weighted by molar-refractivity contribution is 0.881. The number of H-pyrrole nitrogens is 1. The standard InChI is InChI=1S/C20H18ClN9/c1-3-13-12-19(30-18(23-13)10-11-22-30)28(2)14-4-6-15(7-5-14)29-16(8-9-17(29)21)20-24-26-27-25-20/h4-12H,3H2,1-2H3,(H,24,25,26,27). The van der Waals surface area contributed by atoms with Crippen LogP contribution in [0.3, 0.4) is 0 Å². The Kier molecular flexibility index (Phi) is 4.44. The summed E-state index contributed by atoms with van der Waals surface area (Å²) < 4.78 is 3.73. The largest absolute Gasteiger partial charge is 0.329 e. The number of anilines is 2. The highest BCUT2D eigenvalue weighted by Crippen LogP contribution is 2.30. The van der Waals surface area contributed by atoms with E-state index in [2.05, 4.69) is 48.6 Å². The quantitative estimate of drug-likeness (QED) is 0.467. The van der Waals surface area contributed by atoms with Crippen molar-refractivity contribution in [1.82, 2.24) is 39.8 Å². The van der Waals surface area contributed by atoms with Gasteiger partial charge in [0.25, 0.3) is 0 Å². The second-order valence-corrected chi connectivity index (χ2v) is 7.15. The molecular weight excluding hydrogens is 402 g/mol. The summed E-state index contributed by atoms with van der Waals surface area (Å²) in [5, 5.41) is 19.1. The van der Waals surface area contributed by atoms with Gasteiger partial charge in [0.15, 0.2) is 11.5 Å². The number of aryl methyl sites for hydroxylation is 1. The second-order valence-electron chi connectivity index (χ2n) is 6.76. The molecule has 0 spiro atoms. The molecule has 150 valence electrons. The first kappa shape index (κ1) is 18.3. The molecule has 0 bridgehead atoms. The summed E-state index contributed by atoms with van der Waals surface area (Å²) in [6.07, 6.45) is 2.61. The van der Waals surface area contributed by atoms with Crippen LogP contribution in [0.1, 0.15) is 12.6 Å². The van der Waals surface area contributed by atoms with E-state index in [1.54, 1.807) is 6.20 Å². The summed E-state index contributed by atoms with van der Waals surface area (Å²) >= 11 is 6.43. The van der Waals surface area contributed by atoms with E-state index in [0.717, 1.165) is 40.6 Å². The number of fused-ring (bicyclic) bond motifs is 1. The average Bonchev–Trinajstić information content (AvgIpc) is 3.53. The number of aromatic nitrogens is 8. The molecule has 0 aliphatic carbocycles. The minimum atomic E-state index is 0.549. The number of tetrazole rings is 1. The van der Waals surface area contributed by atoms with Gasteiger partial charge in [0.2, 0.25) is 0 Å². The molecule has 0 unspecified atom stereocenters. The molecule has 0 saturated heterocycles. The number of nitrogens with zero attached hydrogens (tertiary/aromatic N) is 8. The highest BCUT2D eigenvalue weighted by Gasteiger charge is 2.15. The van der Waals surface area contributed by atoms with Gasteiger partial charge in [-0.2, -0.15) is 9.61 Å². The monoisotopic (exact) mass is 419 g/mol. The number of hydrogen-bond acceptors (Lipinski definition) is 6. The zero-order chi connectivity index (χ0) is 20.7. The number of aromatic amines is 1. The van der Waals surface area contributed by atoms with Gasteiger partial charge in [-0.15, -0.1) is 5.10 Å². The molecule has 9 nitrogen and oxygen atoms in total. The smallest absolute Gasteiger partial charge is 0.196 e. The van der Waals surface area contributed by atoms with Crippen LogP contribution in [0.4, 0.5) is 11.5 Å². The summed E-state index contributed by atoms with van der Waals surface area (Å²) in [5.41, 5.74) is 4.55. The molecule has 30 heavy (non-hydrogen) atoms. The number of benzene rings is 1. The Morgan fingerprint density at radius 3 is 2.67 bits per heavy atom. The zero-order valence-electron chi connectivity index (χ0n) is 16.4. The van der Waals surface area contributed by atoms with E-state index in [9.17, 15) is 0 Å². The van der Waals surface area contributed by atoms with Crippen molar-refractivity contribution in [2.45, 2.75) is 13.3 Å². The topological polar surface area (TPSA) is 92.8 Å². The molecule has 0 aliphatic heterocycles. The van der Waals surface area contributed by atoms with Gasteiger partial charge in [-0.05, 0) is 53.2 Å². The summed E-state index contributed by atoms with van der Waals surface area (Å²) in [7, 11) is 2.01. The van der Waals surface area contributed by atoms with Gasteiger partial charge in [0, 0.05) is 36.2 Å². The van der Waals surface area contributed by atoms with Crippen LogP contribution in [0.15, 0.2) is 54.7 Å². The van der Waals surface area contributed by atoms with Gasteiger partial charge in [0.1, 0.15) is 11.0 Å². The van der Waals surface area contributed by atoms with Crippen LogP contribution in [0.5, 0.6) is 0 Å². The minimum Gasteiger partial charge on any atom is -0.329 e. The van der Waals surface area contributed by atoms with Crippen molar-refractivity contribution in [2.75, 3.05) is 11.9 Å². The lowest BCUT2D eigenvalue weighted by atomic mass is 10.2. The predicted molar refractivity (Wildman–Crippen MR) is 114 cm³/mol. The maximum Gasteiger partial charge on any atom is 0.196 e. The third-order valence-corrected chi connectivity index (χ3v) is 5.31. The van der Waals surface area contributed by atoms with Crippen molar-refractivity contribution in [3.8, 4) is 17.2 Å². The third-order valence-electron chi connectivity index (χ3n) is 5.02. The van der Waals surface area contributed by atoms with Crippen LogP contribution in [0.2, 0.25) is 5.15 Å². The van der Waals surface area contributed by atoms with E-state index in [4.69, 9.17) is 11.6 Å². The normalized spacial score (nSPS) is 11.3. The molecule has 5 aromatic rings. The van der Waals surface area contributed by atoms with Crippen molar-refractivity contribution in [3.05, 3.63) is 65.6 Å². The van der Waals surface area contributed by atoms with Gasteiger partial charge in [0.05, 0.1) is 11.9 Å². The lowest BCUT2D eigenvalue weighted by Gasteiger charge is -2.21. The zero-order valence-corrected chi connectivity index (χ0v) is 17.1. The summed E-state index contributed by atoms with van der Waals surface area (Å²) in [6.45, 7) is 2.09. The van der Waals surface area contributed by atoms with Crippen LogP contribution in [0.25, 0.3) is 22.9 Å². The first-order valence-corrected chi connectivity index (χ1v) is 9.82. The van der Waals surface area contributed by atoms with Crippen molar-refractivity contribution < 1.29 is 0 Å². The van der Waals surface area contributed by atoms with Crippen molar-refractivity contribution in [3.63, 3.8) is 0 Å². The molecule has 5 rings (SSSR count). The summed E-state index contributed by atoms with van der Waals surface area (Å²) in [5.74, 6) is 1.50. The maximum atomic E-state index is 6.43. The minimum absolute atomic E-state index is 0.549. The Morgan fingerprint density at radius 1 is 1.10 bits per heavy atom. The summed E-state index contributed by atoms with van der Waals surface area (Å²) in [6, 6.07) is 15.8. The number of halogens is 1. The Morgan fingerprint density at radius 2 is 1.93 bits per heavy atom. The first-order chi connectivity index (χ1) is 14.7. The Hall–Kier alpha value is -3.72. The fourth-order valence-corrected chi connectivity index (χ4v) is 3.70. The van der Waals surface area contributed by atoms with E-state index >= 15 is 0 Å². The first-order valence-electron chi connectivity index (χ1n) is 9.45. The van der Waals surface area contributed by atoms with Gasteiger partial charge < -0.3 is 4.90 Å². The molecule has 4 aromatic heterocycles. The van der Waals surface area contributed by atoms with Gasteiger partial charge in [-0.3, -0.25) is 4.57 Å². The number of hydrogen-bond donors (Lipinski definition) is 1. The number of rotatable bonds is 5. The third kappa shape index (κ3) is 3.00. The Balaban J connectivity index is 1.53. The maximum absolute atomic E-state index is 6.43. The fourth-order valence-electron chi connectivity index (χ4n) is 3.45. The van der Waals surface area contributed by atoms with Crippen LogP contribution in [-0.4, -0.2) is 46.8 Å². The van der Waals surface area contributed by atoms with E-state index in [0.29, 0.717) is 11.0 Å². The molecule has 0 fully saturated rings. The fraction of sp³-hybridized carbons (Fsp3) is 0.150. The molecule has 0 saturated carbocycles. The van der Waals surface area contributed by atoms with Crippen LogP contribution < -0.4 is 4.90 Å². The van der Waals surface area contributed by atoms with Gasteiger partial charge in [-0.1, -0.05) is 18.5 Å². The van der Waals surface area contributed by atoms with E-state index in [1.165, 1.54) is 0 Å². The van der Waals surface area contributed by atoms with Gasteiger partial charge in [-0.25, -0.2) is 10.1 Å². The van der Waals surface area contributed by atoms with Gasteiger partial charge >= 0.3 is 0 Å². The second kappa shape index (κ2) is 7.27. The molecule has 1 aromatic carbocycles. The highest BCUT2D eigenvalue weighted by atomic mass is 35.5. The Labute approximate surface area is 176 Å². The number of nitrogens with one attached hydrogen (secondary N) is 1. The van der Waals surface area contributed by atoms with Crippen LogP contribution >= 0.6 is 11.6 Å². The van der Waals surface area contributed by atoms with E-state index in [1.807, 2.05) is 58.6 Å². The molecule has 10 heteroatoms. The molecule has 0 amide bonds. The molecule has 0 radical (unpaired) electrons. The molecular formula is C20H18ClN9. The SMILES string of the molecule is CCc1cc(N(C)c2ccc(-n3c(Cl)ccc3-c3nnn[nH]3)cc2)n2nccc2n1. The summed E-state index contributed by atoms with van der Waals surface area (Å²) in [4.78, 5) is 6.71. The highest BCUT2D eigenvalue weighted by molar-refractivity contribution is 6.30. The lowest BCUT2D eigenvalue weighted by Crippen LogP contribution is -2.15. The van der Waals surface area contributed by atoms with Crippen LogP contribution in [-0.2, 0) is 6.42 Å². The van der Waals surface area contributed by atoms with Crippen molar-refractivity contribution in [2.24, 2.45) is 0 Å². The van der Waals surface area contributed by atoms with E-state index in [-0.39, 0.29) is 0 Å². The molecule has 0 aliphatic rings. The van der Waals surface area contributed by atoms with Crippen molar-refractivity contribution >= 4 is 28.8 Å². The Bertz CT molecular complexity index is 1300.